The molecule has 4 heteroatoms. The summed E-state index contributed by atoms with van der Waals surface area (Å²) >= 11 is 0. The smallest absolute Gasteiger partial charge is 0.0959 e. The molecular weight excluding hydrogens is 292 g/mol. The van der Waals surface area contributed by atoms with Crippen LogP contribution in [0.2, 0.25) is 0 Å². The fourth-order valence-electron chi connectivity index (χ4n) is 2.63. The molecule has 3 nitrogen and oxygen atoms in total. The molecule has 0 bridgehead atoms. The van der Waals surface area contributed by atoms with Crippen LogP contribution in [-0.2, 0) is 23.8 Å². The zero-order valence-corrected chi connectivity index (χ0v) is 13.7. The van der Waals surface area contributed by atoms with E-state index in [1.54, 1.807) is 0 Å². The third kappa shape index (κ3) is 3.76. The van der Waals surface area contributed by atoms with Crippen LogP contribution in [0.25, 0.3) is 0 Å². The van der Waals surface area contributed by atoms with Gasteiger partial charge in [-0.2, -0.15) is 0 Å². The molecule has 1 atom stereocenters. The fraction of sp³-hybridized carbons (Fsp3) is 0.333. The number of hydrogen-bond acceptors (Lipinski definition) is 3. The minimum Gasteiger partial charge on any atom is -0.372 e. The molecule has 1 aliphatic rings. The lowest BCUT2D eigenvalue weighted by atomic mass is 10.1. The number of nitrogens with one attached hydrogen (secondary N) is 2. The summed E-state index contributed by atoms with van der Waals surface area (Å²) in [5.41, 5.74) is 4.92. The van der Waals surface area contributed by atoms with E-state index in [1.807, 2.05) is 0 Å². The largest absolute Gasteiger partial charge is 0.372 e. The third-order valence-electron chi connectivity index (χ3n) is 3.95. The van der Waals surface area contributed by atoms with Gasteiger partial charge in [0.1, 0.15) is 0 Å². The Morgan fingerprint density at radius 1 is 1.14 bits per heavy atom. The first kappa shape index (κ1) is 15.3. The van der Waals surface area contributed by atoms with Crippen LogP contribution in [0, 0.1) is 6.92 Å². The normalized spacial score (nSPS) is 16.3. The van der Waals surface area contributed by atoms with Crippen LogP contribution in [0.5, 0.6) is 0 Å². The molecule has 0 radical (unpaired) electrons. The average Bonchev–Trinajstić information content (AvgIpc) is 2.90. The fourth-order valence-corrected chi connectivity index (χ4v) is 3.74. The van der Waals surface area contributed by atoms with Crippen molar-refractivity contribution in [2.75, 3.05) is 17.7 Å². The molecule has 0 saturated heterocycles. The van der Waals surface area contributed by atoms with Gasteiger partial charge >= 0.3 is 0 Å². The van der Waals surface area contributed by atoms with Crippen LogP contribution in [-0.4, -0.2) is 16.6 Å². The molecule has 0 aliphatic carbocycles. The van der Waals surface area contributed by atoms with Gasteiger partial charge in [0.2, 0.25) is 0 Å². The molecule has 3 rings (SSSR count). The van der Waals surface area contributed by atoms with Crippen molar-refractivity contribution in [1.82, 2.24) is 5.32 Å². The first-order valence-electron chi connectivity index (χ1n) is 7.74. The highest BCUT2D eigenvalue weighted by Crippen LogP contribution is 2.27. The van der Waals surface area contributed by atoms with E-state index in [-0.39, 0.29) is 0 Å². The molecule has 0 amide bonds. The minimum atomic E-state index is -0.871. The van der Waals surface area contributed by atoms with Gasteiger partial charge in [-0.25, -0.2) is 0 Å². The maximum absolute atomic E-state index is 11.8. The van der Waals surface area contributed by atoms with Crippen LogP contribution in [0.1, 0.15) is 23.1 Å². The molecule has 1 unspecified atom stereocenters. The van der Waals surface area contributed by atoms with E-state index < -0.39 is 10.8 Å². The van der Waals surface area contributed by atoms with Gasteiger partial charge in [0.25, 0.3) is 0 Å². The summed E-state index contributed by atoms with van der Waals surface area (Å²) in [6.45, 7) is 4.01. The molecule has 0 fully saturated rings. The lowest BCUT2D eigenvalue weighted by Crippen LogP contribution is -2.15. The Bertz CT molecular complexity index is 667. The Balaban J connectivity index is 1.43. The van der Waals surface area contributed by atoms with Crippen LogP contribution < -0.4 is 10.6 Å². The molecule has 2 N–H and O–H groups in total. The summed E-state index contributed by atoms with van der Waals surface area (Å²) in [5.74, 6) is 0.552. The van der Waals surface area contributed by atoms with Crippen molar-refractivity contribution in [3.63, 3.8) is 0 Å². The van der Waals surface area contributed by atoms with Crippen LogP contribution >= 0.6 is 0 Å². The number of benzene rings is 2. The quantitative estimate of drug-likeness (QED) is 0.805. The van der Waals surface area contributed by atoms with E-state index >= 15 is 0 Å². The van der Waals surface area contributed by atoms with E-state index in [9.17, 15) is 4.21 Å². The summed E-state index contributed by atoms with van der Waals surface area (Å²) in [4.78, 5) is 0.963. The number of fused-ring (bicyclic) bond motifs is 1. The number of rotatable bonds is 6. The van der Waals surface area contributed by atoms with Gasteiger partial charge in [0, 0.05) is 6.54 Å². The second-order valence-corrected chi connectivity index (χ2v) is 7.18. The molecule has 2 aromatic rings. The molecular formula is C18H22N2OS. The van der Waals surface area contributed by atoms with E-state index in [0.717, 1.165) is 36.5 Å². The van der Waals surface area contributed by atoms with Gasteiger partial charge in [0.15, 0.2) is 0 Å². The highest BCUT2D eigenvalue weighted by atomic mass is 32.2. The number of anilines is 1. The Kier molecular flexibility index (Phi) is 4.90. The first-order valence-corrected chi connectivity index (χ1v) is 9.06. The van der Waals surface area contributed by atoms with E-state index in [0.29, 0.717) is 5.88 Å². The SMILES string of the molecule is Cc1ccc(CNCCCc2ccc3c(c2)S(=O)CN3)cc1. The van der Waals surface area contributed by atoms with Crippen molar-refractivity contribution in [2.45, 2.75) is 31.2 Å². The summed E-state index contributed by atoms with van der Waals surface area (Å²) < 4.78 is 11.8. The maximum Gasteiger partial charge on any atom is 0.0959 e. The van der Waals surface area contributed by atoms with Crippen molar-refractivity contribution in [3.8, 4) is 0 Å². The molecule has 116 valence electrons. The predicted molar refractivity (Wildman–Crippen MR) is 92.5 cm³/mol. The Labute approximate surface area is 134 Å². The Morgan fingerprint density at radius 2 is 1.91 bits per heavy atom. The van der Waals surface area contributed by atoms with Gasteiger partial charge in [0.05, 0.1) is 27.3 Å². The summed E-state index contributed by atoms with van der Waals surface area (Å²) in [5, 5.41) is 6.64. The molecule has 0 spiro atoms. The Morgan fingerprint density at radius 3 is 2.73 bits per heavy atom. The van der Waals surface area contributed by atoms with Crippen LogP contribution in [0.4, 0.5) is 5.69 Å². The molecule has 1 heterocycles. The van der Waals surface area contributed by atoms with Gasteiger partial charge in [-0.1, -0.05) is 35.9 Å². The highest BCUT2D eigenvalue weighted by Gasteiger charge is 2.17. The standard InChI is InChI=1S/C18H22N2OS/c1-14-4-6-16(7-5-14)12-19-10-2-3-15-8-9-17-18(11-15)22(21)13-20-17/h4-9,11,19-20H,2-3,10,12-13H2,1H3. The molecule has 0 aromatic heterocycles. The maximum atomic E-state index is 11.8. The monoisotopic (exact) mass is 314 g/mol. The molecule has 22 heavy (non-hydrogen) atoms. The van der Waals surface area contributed by atoms with Gasteiger partial charge in [-0.15, -0.1) is 0 Å². The third-order valence-corrected chi connectivity index (χ3v) is 5.19. The topological polar surface area (TPSA) is 41.1 Å². The predicted octanol–water partition coefficient (Wildman–Crippen LogP) is 3.21. The summed E-state index contributed by atoms with van der Waals surface area (Å²) in [6, 6.07) is 14.9. The van der Waals surface area contributed by atoms with Crippen molar-refractivity contribution < 1.29 is 4.21 Å². The lowest BCUT2D eigenvalue weighted by molar-refractivity contribution is 0.649. The summed E-state index contributed by atoms with van der Waals surface area (Å²) in [6.07, 6.45) is 2.11. The van der Waals surface area contributed by atoms with Gasteiger partial charge in [-0.05, 0) is 49.6 Å². The van der Waals surface area contributed by atoms with Crippen molar-refractivity contribution in [2.24, 2.45) is 0 Å². The van der Waals surface area contributed by atoms with E-state index in [2.05, 4.69) is 60.0 Å². The number of hydrogen-bond donors (Lipinski definition) is 2. The Hall–Kier alpha value is -1.65. The van der Waals surface area contributed by atoms with E-state index in [4.69, 9.17) is 0 Å². The average molecular weight is 314 g/mol. The van der Waals surface area contributed by atoms with E-state index in [1.165, 1.54) is 16.7 Å². The lowest BCUT2D eigenvalue weighted by Gasteiger charge is -2.07. The van der Waals surface area contributed by atoms with Crippen molar-refractivity contribution >= 4 is 16.5 Å². The number of aryl methyl sites for hydroxylation is 2. The second-order valence-electron chi connectivity index (χ2n) is 5.76. The van der Waals surface area contributed by atoms with Crippen LogP contribution in [0.15, 0.2) is 47.4 Å². The minimum absolute atomic E-state index is 0.552. The molecule has 1 aliphatic heterocycles. The molecule has 2 aromatic carbocycles. The zero-order chi connectivity index (χ0) is 15.4. The first-order chi connectivity index (χ1) is 10.7. The summed E-state index contributed by atoms with van der Waals surface area (Å²) in [7, 11) is -0.871. The van der Waals surface area contributed by atoms with Crippen LogP contribution in [0.3, 0.4) is 0 Å². The zero-order valence-electron chi connectivity index (χ0n) is 12.9. The highest BCUT2D eigenvalue weighted by molar-refractivity contribution is 7.85. The molecule has 0 saturated carbocycles. The van der Waals surface area contributed by atoms with Gasteiger partial charge < -0.3 is 10.6 Å². The van der Waals surface area contributed by atoms with Gasteiger partial charge in [-0.3, -0.25) is 4.21 Å². The van der Waals surface area contributed by atoms with Crippen molar-refractivity contribution in [3.05, 3.63) is 59.2 Å². The second kappa shape index (κ2) is 7.07. The van der Waals surface area contributed by atoms with Crippen molar-refractivity contribution in [1.29, 1.82) is 0 Å².